The van der Waals surface area contributed by atoms with Crippen LogP contribution >= 0.6 is 15.9 Å². The molecule has 5 nitrogen and oxygen atoms in total. The van der Waals surface area contributed by atoms with E-state index in [2.05, 4.69) is 43.2 Å². The Morgan fingerprint density at radius 2 is 1.84 bits per heavy atom. The van der Waals surface area contributed by atoms with Crippen molar-refractivity contribution in [1.82, 2.24) is 15.1 Å². The van der Waals surface area contributed by atoms with Crippen LogP contribution in [0.15, 0.2) is 22.7 Å². The smallest absolute Gasteiger partial charge is 0.317 e. The van der Waals surface area contributed by atoms with E-state index in [-0.39, 0.29) is 6.03 Å². The van der Waals surface area contributed by atoms with E-state index in [0.717, 1.165) is 44.0 Å². The predicted octanol–water partition coefficient (Wildman–Crippen LogP) is 5.61. The van der Waals surface area contributed by atoms with Crippen LogP contribution in [0.1, 0.15) is 70.3 Å². The Hall–Kier alpha value is -1.27. The predicted molar refractivity (Wildman–Crippen MR) is 133 cm³/mol. The number of halogens is 1. The molecule has 2 amide bonds. The number of carbonyl (C=O) groups is 1. The first-order chi connectivity index (χ1) is 15.6. The summed E-state index contributed by atoms with van der Waals surface area (Å²) in [7, 11) is 0. The Kier molecular flexibility index (Phi) is 8.75. The van der Waals surface area contributed by atoms with Crippen LogP contribution in [-0.2, 0) is 6.42 Å². The molecule has 2 aliphatic heterocycles. The first-order valence-electron chi connectivity index (χ1n) is 12.8. The number of benzene rings is 1. The van der Waals surface area contributed by atoms with E-state index < -0.39 is 0 Å². The maximum Gasteiger partial charge on any atom is 0.317 e. The van der Waals surface area contributed by atoms with Gasteiger partial charge in [-0.25, -0.2) is 4.79 Å². The SMILES string of the molecule is CCOc1ccc(Br)c(CC2CCN(CCC3CCN(C4CCCCC4)C(=O)N3)CC2)c1. The van der Waals surface area contributed by atoms with Gasteiger partial charge in [0.25, 0.3) is 0 Å². The number of ether oxygens (including phenoxy) is 1. The Morgan fingerprint density at radius 3 is 2.56 bits per heavy atom. The van der Waals surface area contributed by atoms with Crippen molar-refractivity contribution in [2.24, 2.45) is 5.92 Å². The molecule has 6 heteroatoms. The van der Waals surface area contributed by atoms with Gasteiger partial charge in [-0.05, 0) is 94.6 Å². The highest BCUT2D eigenvalue weighted by atomic mass is 79.9. The van der Waals surface area contributed by atoms with Crippen molar-refractivity contribution in [2.75, 3.05) is 32.8 Å². The minimum absolute atomic E-state index is 0.187. The second-order valence-electron chi connectivity index (χ2n) is 9.88. The molecule has 2 saturated heterocycles. The largest absolute Gasteiger partial charge is 0.494 e. The number of urea groups is 1. The van der Waals surface area contributed by atoms with Crippen molar-refractivity contribution in [3.63, 3.8) is 0 Å². The second-order valence-corrected chi connectivity index (χ2v) is 10.7. The first-order valence-corrected chi connectivity index (χ1v) is 13.6. The van der Waals surface area contributed by atoms with Gasteiger partial charge in [0.15, 0.2) is 0 Å². The topological polar surface area (TPSA) is 44.8 Å². The Bertz CT molecular complexity index is 745. The fourth-order valence-corrected chi connectivity index (χ4v) is 6.12. The molecule has 1 atom stereocenters. The summed E-state index contributed by atoms with van der Waals surface area (Å²) in [4.78, 5) is 17.4. The van der Waals surface area contributed by atoms with Gasteiger partial charge in [0.05, 0.1) is 6.61 Å². The maximum atomic E-state index is 12.7. The van der Waals surface area contributed by atoms with E-state index in [4.69, 9.17) is 4.74 Å². The monoisotopic (exact) mass is 505 g/mol. The van der Waals surface area contributed by atoms with E-state index in [1.807, 2.05) is 13.0 Å². The number of piperidine rings is 1. The molecule has 1 aromatic carbocycles. The molecule has 0 bridgehead atoms. The molecule has 0 aromatic heterocycles. The highest BCUT2D eigenvalue weighted by Gasteiger charge is 2.31. The summed E-state index contributed by atoms with van der Waals surface area (Å²) >= 11 is 3.72. The molecule has 32 heavy (non-hydrogen) atoms. The summed E-state index contributed by atoms with van der Waals surface area (Å²) < 4.78 is 6.88. The van der Waals surface area contributed by atoms with Crippen molar-refractivity contribution in [3.8, 4) is 5.75 Å². The van der Waals surface area contributed by atoms with Crippen LogP contribution < -0.4 is 10.1 Å². The Morgan fingerprint density at radius 1 is 1.06 bits per heavy atom. The van der Waals surface area contributed by atoms with Gasteiger partial charge in [0.2, 0.25) is 0 Å². The third-order valence-corrected chi connectivity index (χ3v) is 8.43. The zero-order valence-electron chi connectivity index (χ0n) is 19.7. The van der Waals surface area contributed by atoms with Crippen LogP contribution in [0.3, 0.4) is 0 Å². The number of rotatable bonds is 8. The molecule has 1 N–H and O–H groups in total. The lowest BCUT2D eigenvalue weighted by Crippen LogP contribution is -2.56. The third kappa shape index (κ3) is 6.40. The van der Waals surface area contributed by atoms with Gasteiger partial charge in [-0.15, -0.1) is 0 Å². The number of nitrogens with zero attached hydrogens (tertiary/aromatic N) is 2. The zero-order chi connectivity index (χ0) is 22.3. The van der Waals surface area contributed by atoms with E-state index in [1.165, 1.54) is 68.1 Å². The molecule has 1 saturated carbocycles. The van der Waals surface area contributed by atoms with E-state index in [1.54, 1.807) is 0 Å². The van der Waals surface area contributed by atoms with Gasteiger partial charge in [0.1, 0.15) is 5.75 Å². The van der Waals surface area contributed by atoms with Gasteiger partial charge >= 0.3 is 6.03 Å². The van der Waals surface area contributed by atoms with Crippen molar-refractivity contribution < 1.29 is 9.53 Å². The van der Waals surface area contributed by atoms with E-state index in [0.29, 0.717) is 18.7 Å². The lowest BCUT2D eigenvalue weighted by molar-refractivity contribution is 0.124. The molecule has 0 radical (unpaired) electrons. The molecule has 3 fully saturated rings. The van der Waals surface area contributed by atoms with Crippen LogP contribution in [-0.4, -0.2) is 60.7 Å². The average molecular weight is 507 g/mol. The molecular formula is C26H40BrN3O2. The fourth-order valence-electron chi connectivity index (χ4n) is 5.71. The van der Waals surface area contributed by atoms with Gasteiger partial charge in [-0.2, -0.15) is 0 Å². The molecule has 178 valence electrons. The summed E-state index contributed by atoms with van der Waals surface area (Å²) in [6, 6.07) is 7.37. The first kappa shape index (κ1) is 23.9. The second kappa shape index (κ2) is 11.7. The van der Waals surface area contributed by atoms with Gasteiger partial charge < -0.3 is 19.9 Å². The molecule has 2 heterocycles. The average Bonchev–Trinajstić information content (AvgIpc) is 2.81. The molecule has 0 spiro atoms. The summed E-state index contributed by atoms with van der Waals surface area (Å²) in [6.07, 6.45) is 12.1. The van der Waals surface area contributed by atoms with Crippen LogP contribution in [0.25, 0.3) is 0 Å². The van der Waals surface area contributed by atoms with Crippen molar-refractivity contribution in [2.45, 2.75) is 83.2 Å². The van der Waals surface area contributed by atoms with Crippen LogP contribution in [0, 0.1) is 5.92 Å². The van der Waals surface area contributed by atoms with Crippen molar-refractivity contribution in [1.29, 1.82) is 0 Å². The number of amides is 2. The molecule has 4 rings (SSSR count). The molecule has 1 aliphatic carbocycles. The summed E-state index contributed by atoms with van der Waals surface area (Å²) in [6.45, 7) is 7.12. The zero-order valence-corrected chi connectivity index (χ0v) is 21.2. The van der Waals surface area contributed by atoms with E-state index in [9.17, 15) is 4.79 Å². The number of likely N-dealkylation sites (tertiary alicyclic amines) is 1. The number of carbonyl (C=O) groups excluding carboxylic acids is 1. The highest BCUT2D eigenvalue weighted by Crippen LogP contribution is 2.29. The molecular weight excluding hydrogens is 466 g/mol. The molecule has 1 aromatic rings. The third-order valence-electron chi connectivity index (χ3n) is 7.66. The maximum absolute atomic E-state index is 12.7. The normalized spacial score (nSPS) is 23.9. The Balaban J connectivity index is 1.17. The molecule has 3 aliphatic rings. The van der Waals surface area contributed by atoms with Crippen LogP contribution in [0.5, 0.6) is 5.75 Å². The minimum Gasteiger partial charge on any atom is -0.494 e. The molecule has 1 unspecified atom stereocenters. The minimum atomic E-state index is 0.187. The summed E-state index contributed by atoms with van der Waals surface area (Å²) in [5, 5.41) is 3.31. The fraction of sp³-hybridized carbons (Fsp3) is 0.731. The summed E-state index contributed by atoms with van der Waals surface area (Å²) in [5.74, 6) is 1.71. The number of nitrogens with one attached hydrogen (secondary N) is 1. The summed E-state index contributed by atoms with van der Waals surface area (Å²) in [5.41, 5.74) is 1.36. The van der Waals surface area contributed by atoms with Crippen LogP contribution in [0.2, 0.25) is 0 Å². The number of hydrogen-bond acceptors (Lipinski definition) is 3. The number of hydrogen-bond donors (Lipinski definition) is 1. The lowest BCUT2D eigenvalue weighted by Gasteiger charge is -2.40. The van der Waals surface area contributed by atoms with Gasteiger partial charge in [-0.3, -0.25) is 0 Å². The lowest BCUT2D eigenvalue weighted by atomic mass is 9.90. The van der Waals surface area contributed by atoms with E-state index >= 15 is 0 Å². The Labute approximate surface area is 202 Å². The van der Waals surface area contributed by atoms with Crippen molar-refractivity contribution >= 4 is 22.0 Å². The van der Waals surface area contributed by atoms with Crippen molar-refractivity contribution in [3.05, 3.63) is 28.2 Å². The quantitative estimate of drug-likeness (QED) is 0.499. The van der Waals surface area contributed by atoms with Gasteiger partial charge in [-0.1, -0.05) is 35.2 Å². The standard InChI is InChI=1S/C26H40BrN3O2/c1-2-32-24-8-9-25(27)21(19-24)18-20-10-14-29(15-11-20)16-12-22-13-17-30(26(31)28-22)23-6-4-3-5-7-23/h8-9,19-20,22-23H,2-7,10-18H2,1H3,(H,28,31). The van der Waals surface area contributed by atoms with Crippen LogP contribution in [0.4, 0.5) is 4.79 Å². The highest BCUT2D eigenvalue weighted by molar-refractivity contribution is 9.10. The van der Waals surface area contributed by atoms with Gasteiger partial charge in [0, 0.05) is 29.6 Å².